The average molecular weight is 368 g/mol. The Morgan fingerprint density at radius 3 is 2.43 bits per heavy atom. The number of halogens is 1. The van der Waals surface area contributed by atoms with Gasteiger partial charge in [-0.2, -0.15) is 0 Å². The molecule has 3 aromatic rings. The molecule has 1 amide bonds. The van der Waals surface area contributed by atoms with Crippen LogP contribution in [-0.4, -0.2) is 15.9 Å². The number of nitrogens with one attached hydrogen (secondary N) is 1. The SMILES string of the molecule is CC(=O)Nc1ccc(Br)c(-c2cncc(-c3ccncc3)c2)c1. The van der Waals surface area contributed by atoms with Crippen LogP contribution in [0.15, 0.2) is 65.7 Å². The van der Waals surface area contributed by atoms with Crippen LogP contribution in [0.5, 0.6) is 0 Å². The summed E-state index contributed by atoms with van der Waals surface area (Å²) in [7, 11) is 0. The second-order valence-electron chi connectivity index (χ2n) is 5.07. The molecule has 0 atom stereocenters. The smallest absolute Gasteiger partial charge is 0.221 e. The molecule has 1 aromatic carbocycles. The first-order chi connectivity index (χ1) is 11.1. The summed E-state index contributed by atoms with van der Waals surface area (Å²) in [6, 6.07) is 11.7. The predicted octanol–water partition coefficient (Wildman–Crippen LogP) is 4.53. The fourth-order valence-electron chi connectivity index (χ4n) is 2.32. The molecular formula is C18H14BrN3O. The number of carbonyl (C=O) groups excluding carboxylic acids is 1. The van der Waals surface area contributed by atoms with Gasteiger partial charge < -0.3 is 5.32 Å². The first kappa shape index (κ1) is 15.4. The molecule has 0 unspecified atom stereocenters. The molecule has 0 aliphatic carbocycles. The Bertz CT molecular complexity index is 850. The van der Waals surface area contributed by atoms with Gasteiger partial charge in [-0.15, -0.1) is 0 Å². The molecule has 0 fully saturated rings. The molecule has 2 heterocycles. The first-order valence-electron chi connectivity index (χ1n) is 7.06. The summed E-state index contributed by atoms with van der Waals surface area (Å²) in [5, 5.41) is 2.80. The highest BCUT2D eigenvalue weighted by atomic mass is 79.9. The molecular weight excluding hydrogens is 354 g/mol. The number of rotatable bonds is 3. The molecule has 4 nitrogen and oxygen atoms in total. The maximum atomic E-state index is 11.2. The molecule has 0 bridgehead atoms. The Kier molecular flexibility index (Phi) is 4.48. The lowest BCUT2D eigenvalue weighted by Gasteiger charge is -2.10. The summed E-state index contributed by atoms with van der Waals surface area (Å²) in [6.07, 6.45) is 7.15. The van der Waals surface area contributed by atoms with Gasteiger partial charge in [0.25, 0.3) is 0 Å². The number of hydrogen-bond acceptors (Lipinski definition) is 3. The molecule has 0 aliphatic rings. The minimum atomic E-state index is -0.0954. The standard InChI is InChI=1S/C18H14BrN3O/c1-12(23)22-16-2-3-18(19)17(9-16)15-8-14(10-21-11-15)13-4-6-20-7-5-13/h2-11H,1H3,(H,22,23). The molecule has 3 rings (SSSR count). The number of pyridine rings is 2. The Morgan fingerprint density at radius 1 is 0.957 bits per heavy atom. The minimum Gasteiger partial charge on any atom is -0.326 e. The zero-order chi connectivity index (χ0) is 16.2. The molecule has 0 saturated heterocycles. The van der Waals surface area contributed by atoms with E-state index in [-0.39, 0.29) is 5.91 Å². The summed E-state index contributed by atoms with van der Waals surface area (Å²) >= 11 is 3.56. The molecule has 0 radical (unpaired) electrons. The van der Waals surface area contributed by atoms with Crippen LogP contribution in [0.3, 0.4) is 0 Å². The zero-order valence-corrected chi connectivity index (χ0v) is 14.0. The van der Waals surface area contributed by atoms with Crippen molar-refractivity contribution in [3.05, 3.63) is 65.7 Å². The van der Waals surface area contributed by atoms with Gasteiger partial charge in [-0.25, -0.2) is 0 Å². The van der Waals surface area contributed by atoms with Gasteiger partial charge in [0.2, 0.25) is 5.91 Å². The summed E-state index contributed by atoms with van der Waals surface area (Å²) in [6.45, 7) is 1.49. The van der Waals surface area contributed by atoms with Gasteiger partial charge in [0.1, 0.15) is 0 Å². The van der Waals surface area contributed by atoms with Gasteiger partial charge in [-0.3, -0.25) is 14.8 Å². The Balaban J connectivity index is 2.04. The molecule has 0 spiro atoms. The number of anilines is 1. The Hall–Kier alpha value is -2.53. The van der Waals surface area contributed by atoms with Crippen molar-refractivity contribution in [1.82, 2.24) is 9.97 Å². The van der Waals surface area contributed by atoms with Gasteiger partial charge in [-0.1, -0.05) is 15.9 Å². The van der Waals surface area contributed by atoms with Gasteiger partial charge in [0, 0.05) is 53.0 Å². The predicted molar refractivity (Wildman–Crippen MR) is 94.9 cm³/mol. The van der Waals surface area contributed by atoms with Gasteiger partial charge in [0.15, 0.2) is 0 Å². The van der Waals surface area contributed by atoms with E-state index in [4.69, 9.17) is 0 Å². The van der Waals surface area contributed by atoms with Crippen LogP contribution in [0, 0.1) is 0 Å². The molecule has 0 aliphatic heterocycles. The highest BCUT2D eigenvalue weighted by Crippen LogP contribution is 2.32. The molecule has 2 aromatic heterocycles. The van der Waals surface area contributed by atoms with E-state index in [9.17, 15) is 4.79 Å². The second-order valence-corrected chi connectivity index (χ2v) is 5.93. The molecule has 5 heteroatoms. The summed E-state index contributed by atoms with van der Waals surface area (Å²) in [5.74, 6) is -0.0954. The van der Waals surface area contributed by atoms with Gasteiger partial charge in [-0.05, 0) is 47.5 Å². The third kappa shape index (κ3) is 3.63. The van der Waals surface area contributed by atoms with Crippen molar-refractivity contribution in [3.63, 3.8) is 0 Å². The van der Waals surface area contributed by atoms with Gasteiger partial charge in [0.05, 0.1) is 0 Å². The molecule has 114 valence electrons. The largest absolute Gasteiger partial charge is 0.326 e. The number of amides is 1. The van der Waals surface area contributed by atoms with Crippen molar-refractivity contribution in [1.29, 1.82) is 0 Å². The van der Waals surface area contributed by atoms with E-state index in [0.29, 0.717) is 0 Å². The van der Waals surface area contributed by atoms with Crippen molar-refractivity contribution in [2.75, 3.05) is 5.32 Å². The van der Waals surface area contributed by atoms with Crippen LogP contribution in [0.25, 0.3) is 22.3 Å². The van der Waals surface area contributed by atoms with Crippen molar-refractivity contribution >= 4 is 27.5 Å². The maximum Gasteiger partial charge on any atom is 0.221 e. The van der Waals surface area contributed by atoms with E-state index < -0.39 is 0 Å². The lowest BCUT2D eigenvalue weighted by atomic mass is 10.0. The summed E-state index contributed by atoms with van der Waals surface area (Å²) in [5.41, 5.74) is 4.77. The topological polar surface area (TPSA) is 54.9 Å². The van der Waals surface area contributed by atoms with Crippen molar-refractivity contribution in [2.45, 2.75) is 6.92 Å². The summed E-state index contributed by atoms with van der Waals surface area (Å²) < 4.78 is 0.945. The average Bonchev–Trinajstić information content (AvgIpc) is 2.57. The maximum absolute atomic E-state index is 11.2. The fourth-order valence-corrected chi connectivity index (χ4v) is 2.79. The third-order valence-corrected chi connectivity index (χ3v) is 4.04. The fraction of sp³-hybridized carbons (Fsp3) is 0.0556. The van der Waals surface area contributed by atoms with E-state index in [1.807, 2.05) is 42.7 Å². The van der Waals surface area contributed by atoms with Crippen LogP contribution < -0.4 is 5.32 Å². The second kappa shape index (κ2) is 6.71. The van der Waals surface area contributed by atoms with Crippen molar-refractivity contribution in [2.24, 2.45) is 0 Å². The monoisotopic (exact) mass is 367 g/mol. The number of benzene rings is 1. The highest BCUT2D eigenvalue weighted by Gasteiger charge is 2.08. The minimum absolute atomic E-state index is 0.0954. The Morgan fingerprint density at radius 2 is 1.70 bits per heavy atom. The third-order valence-electron chi connectivity index (χ3n) is 3.35. The normalized spacial score (nSPS) is 10.3. The van der Waals surface area contributed by atoms with Crippen LogP contribution in [-0.2, 0) is 4.79 Å². The first-order valence-corrected chi connectivity index (χ1v) is 7.86. The van der Waals surface area contributed by atoms with Crippen LogP contribution in [0.1, 0.15) is 6.92 Å². The van der Waals surface area contributed by atoms with Crippen LogP contribution >= 0.6 is 15.9 Å². The lowest BCUT2D eigenvalue weighted by molar-refractivity contribution is -0.114. The summed E-state index contributed by atoms with van der Waals surface area (Å²) in [4.78, 5) is 19.6. The number of aromatic nitrogens is 2. The van der Waals surface area contributed by atoms with Gasteiger partial charge >= 0.3 is 0 Å². The quantitative estimate of drug-likeness (QED) is 0.739. The number of carbonyl (C=O) groups is 1. The molecule has 0 saturated carbocycles. The van der Waals surface area contributed by atoms with E-state index >= 15 is 0 Å². The van der Waals surface area contributed by atoms with Crippen LogP contribution in [0.2, 0.25) is 0 Å². The van der Waals surface area contributed by atoms with E-state index in [2.05, 4.69) is 37.3 Å². The Labute approximate surface area is 142 Å². The zero-order valence-electron chi connectivity index (χ0n) is 12.5. The molecule has 1 N–H and O–H groups in total. The van der Waals surface area contributed by atoms with Crippen molar-refractivity contribution in [3.8, 4) is 22.3 Å². The van der Waals surface area contributed by atoms with Crippen molar-refractivity contribution < 1.29 is 4.79 Å². The van der Waals surface area contributed by atoms with Crippen LogP contribution in [0.4, 0.5) is 5.69 Å². The lowest BCUT2D eigenvalue weighted by Crippen LogP contribution is -2.05. The number of nitrogens with zero attached hydrogens (tertiary/aromatic N) is 2. The van der Waals surface area contributed by atoms with E-state index in [0.717, 1.165) is 32.4 Å². The van der Waals surface area contributed by atoms with E-state index in [1.54, 1.807) is 12.4 Å². The number of hydrogen-bond donors (Lipinski definition) is 1. The molecule has 23 heavy (non-hydrogen) atoms. The van der Waals surface area contributed by atoms with E-state index in [1.165, 1.54) is 6.92 Å². The highest BCUT2D eigenvalue weighted by molar-refractivity contribution is 9.10.